The molecule has 1 aliphatic heterocycles. The third-order valence-corrected chi connectivity index (χ3v) is 6.24. The van der Waals surface area contributed by atoms with E-state index in [2.05, 4.69) is 15.3 Å². The van der Waals surface area contributed by atoms with Gasteiger partial charge in [0.05, 0.1) is 35.3 Å². The number of aromatic hydroxyl groups is 1. The van der Waals surface area contributed by atoms with E-state index in [1.807, 2.05) is 18.2 Å². The second kappa shape index (κ2) is 9.01. The maximum absolute atomic E-state index is 13.1. The van der Waals surface area contributed by atoms with Crippen molar-refractivity contribution in [1.29, 1.82) is 0 Å². The van der Waals surface area contributed by atoms with Gasteiger partial charge < -0.3 is 20.1 Å². The zero-order valence-corrected chi connectivity index (χ0v) is 18.1. The molecule has 4 rings (SSSR count). The standard InChI is InChI=1S/C21H17ClN4O5S/c22-14-4-2-1-3-12(14)15-6-23-11(5-24-15)8-26-16-10-32-9-13(16)19(29)18(21(26)31)20(30)25-7-17(27)28/h1-6,29H,7-10H2,(H,25,30)(H,27,28). The Morgan fingerprint density at radius 2 is 1.97 bits per heavy atom. The van der Waals surface area contributed by atoms with Crippen LogP contribution in [0.3, 0.4) is 0 Å². The smallest absolute Gasteiger partial charge is 0.322 e. The van der Waals surface area contributed by atoms with Gasteiger partial charge in [-0.2, -0.15) is 11.8 Å². The molecule has 0 atom stereocenters. The van der Waals surface area contributed by atoms with Crippen molar-refractivity contribution >= 4 is 35.2 Å². The lowest BCUT2D eigenvalue weighted by atomic mass is 10.1. The summed E-state index contributed by atoms with van der Waals surface area (Å²) >= 11 is 7.70. The molecule has 0 spiro atoms. The summed E-state index contributed by atoms with van der Waals surface area (Å²) in [6, 6.07) is 7.22. The Balaban J connectivity index is 1.70. The van der Waals surface area contributed by atoms with Crippen LogP contribution < -0.4 is 10.9 Å². The fraction of sp³-hybridized carbons (Fsp3) is 0.190. The Labute approximate surface area is 191 Å². The van der Waals surface area contributed by atoms with Crippen molar-refractivity contribution in [3.05, 3.63) is 74.6 Å². The van der Waals surface area contributed by atoms with Crippen molar-refractivity contribution in [2.75, 3.05) is 6.54 Å². The summed E-state index contributed by atoms with van der Waals surface area (Å²) in [6.07, 6.45) is 3.08. The molecule has 1 aliphatic rings. The molecule has 0 saturated carbocycles. The number of carbonyl (C=O) groups excluding carboxylic acids is 1. The highest BCUT2D eigenvalue weighted by atomic mass is 35.5. The predicted octanol–water partition coefficient (Wildman–Crippen LogP) is 2.27. The average Bonchev–Trinajstić information content (AvgIpc) is 3.26. The molecule has 11 heteroatoms. The Kier molecular flexibility index (Phi) is 6.15. The molecule has 3 N–H and O–H groups in total. The Morgan fingerprint density at radius 3 is 2.66 bits per heavy atom. The van der Waals surface area contributed by atoms with E-state index < -0.39 is 35.3 Å². The largest absolute Gasteiger partial charge is 0.507 e. The second-order valence-electron chi connectivity index (χ2n) is 6.98. The molecule has 9 nitrogen and oxygen atoms in total. The van der Waals surface area contributed by atoms with Crippen molar-refractivity contribution in [2.24, 2.45) is 0 Å². The molecule has 0 saturated heterocycles. The second-order valence-corrected chi connectivity index (χ2v) is 8.37. The van der Waals surface area contributed by atoms with Crippen LogP contribution in [0, 0.1) is 0 Å². The number of rotatable bonds is 6. The minimum absolute atomic E-state index is 0.0387. The Hall–Kier alpha value is -3.37. The zero-order valence-electron chi connectivity index (χ0n) is 16.5. The molecule has 2 aromatic heterocycles. The Bertz CT molecular complexity index is 1280. The lowest BCUT2D eigenvalue weighted by molar-refractivity contribution is -0.135. The van der Waals surface area contributed by atoms with E-state index in [4.69, 9.17) is 16.7 Å². The van der Waals surface area contributed by atoms with Gasteiger partial charge in [-0.15, -0.1) is 0 Å². The van der Waals surface area contributed by atoms with Gasteiger partial charge in [0.1, 0.15) is 17.9 Å². The van der Waals surface area contributed by atoms with E-state index in [1.165, 1.54) is 22.5 Å². The highest BCUT2D eigenvalue weighted by Gasteiger charge is 2.29. The molecule has 1 amide bonds. The molecule has 0 radical (unpaired) electrons. The van der Waals surface area contributed by atoms with Crippen molar-refractivity contribution in [2.45, 2.75) is 18.1 Å². The first kappa shape index (κ1) is 21.8. The fourth-order valence-corrected chi connectivity index (χ4v) is 4.76. The number of amides is 1. The zero-order chi connectivity index (χ0) is 22.8. The number of halogens is 1. The first-order valence-corrected chi connectivity index (χ1v) is 11.0. The summed E-state index contributed by atoms with van der Waals surface area (Å²) < 4.78 is 1.38. The average molecular weight is 473 g/mol. The number of thioether (sulfide) groups is 1. The van der Waals surface area contributed by atoms with Gasteiger partial charge in [-0.1, -0.05) is 29.8 Å². The molecule has 3 heterocycles. The van der Waals surface area contributed by atoms with Crippen molar-refractivity contribution < 1.29 is 19.8 Å². The van der Waals surface area contributed by atoms with E-state index in [9.17, 15) is 19.5 Å². The lowest BCUT2D eigenvalue weighted by Gasteiger charge is -2.16. The van der Waals surface area contributed by atoms with E-state index in [-0.39, 0.29) is 6.54 Å². The predicted molar refractivity (Wildman–Crippen MR) is 119 cm³/mol. The summed E-state index contributed by atoms with van der Waals surface area (Å²) in [5, 5.41) is 22.0. The van der Waals surface area contributed by atoms with E-state index in [1.54, 1.807) is 12.3 Å². The summed E-state index contributed by atoms with van der Waals surface area (Å²) in [7, 11) is 0. The summed E-state index contributed by atoms with van der Waals surface area (Å²) in [5.41, 5.74) is 1.66. The van der Waals surface area contributed by atoms with Gasteiger partial charge in [-0.05, 0) is 6.07 Å². The molecule has 32 heavy (non-hydrogen) atoms. The van der Waals surface area contributed by atoms with Crippen LogP contribution in [0.5, 0.6) is 5.75 Å². The molecule has 3 aromatic rings. The number of aromatic nitrogens is 3. The monoisotopic (exact) mass is 472 g/mol. The molecule has 0 aliphatic carbocycles. The number of aliphatic carboxylic acids is 1. The number of benzene rings is 1. The third kappa shape index (κ3) is 4.19. The van der Waals surface area contributed by atoms with Gasteiger partial charge in [0.25, 0.3) is 11.5 Å². The first-order chi connectivity index (χ1) is 15.4. The molecule has 0 fully saturated rings. The summed E-state index contributed by atoms with van der Waals surface area (Å²) in [5.74, 6) is -1.69. The molecular weight excluding hydrogens is 456 g/mol. The van der Waals surface area contributed by atoms with Gasteiger partial charge in [0, 0.05) is 28.3 Å². The van der Waals surface area contributed by atoms with E-state index >= 15 is 0 Å². The SMILES string of the molecule is O=C(O)CNC(=O)c1c(O)c2c(n(Cc3cnc(-c4ccccc4Cl)cn3)c1=O)CSC2. The molecule has 0 unspecified atom stereocenters. The minimum atomic E-state index is -1.26. The number of fused-ring (bicyclic) bond motifs is 1. The van der Waals surface area contributed by atoms with Gasteiger partial charge >= 0.3 is 5.97 Å². The maximum atomic E-state index is 13.1. The summed E-state index contributed by atoms with van der Waals surface area (Å²) in [4.78, 5) is 45.1. The van der Waals surface area contributed by atoms with Crippen LogP contribution >= 0.6 is 23.4 Å². The number of pyridine rings is 1. The normalized spacial score (nSPS) is 12.4. The van der Waals surface area contributed by atoms with Gasteiger partial charge in [-0.3, -0.25) is 24.4 Å². The van der Waals surface area contributed by atoms with Gasteiger partial charge in [0.15, 0.2) is 0 Å². The first-order valence-electron chi connectivity index (χ1n) is 9.48. The van der Waals surface area contributed by atoms with Crippen LogP contribution in [0.15, 0.2) is 41.5 Å². The number of carboxylic acid groups (broad SMARTS) is 1. The van der Waals surface area contributed by atoms with Crippen LogP contribution in [-0.2, 0) is 22.8 Å². The minimum Gasteiger partial charge on any atom is -0.507 e. The highest BCUT2D eigenvalue weighted by molar-refractivity contribution is 7.98. The third-order valence-electron chi connectivity index (χ3n) is 4.94. The van der Waals surface area contributed by atoms with Gasteiger partial charge in [0.2, 0.25) is 0 Å². The number of nitrogens with one attached hydrogen (secondary N) is 1. The number of nitrogens with zero attached hydrogens (tertiary/aromatic N) is 3. The molecule has 164 valence electrons. The molecule has 1 aromatic carbocycles. The molecule has 0 bridgehead atoms. The summed E-state index contributed by atoms with van der Waals surface area (Å²) in [6.45, 7) is -0.629. The fourth-order valence-electron chi connectivity index (χ4n) is 3.40. The number of carbonyl (C=O) groups is 2. The van der Waals surface area contributed by atoms with Crippen LogP contribution in [0.25, 0.3) is 11.3 Å². The van der Waals surface area contributed by atoms with Crippen LogP contribution in [0.2, 0.25) is 5.02 Å². The van der Waals surface area contributed by atoms with Crippen LogP contribution in [0.4, 0.5) is 0 Å². The van der Waals surface area contributed by atoms with Gasteiger partial charge in [-0.25, -0.2) is 0 Å². The number of hydrogen-bond donors (Lipinski definition) is 3. The number of carboxylic acids is 1. The van der Waals surface area contributed by atoms with Crippen LogP contribution in [-0.4, -0.2) is 43.2 Å². The van der Waals surface area contributed by atoms with Crippen molar-refractivity contribution in [1.82, 2.24) is 19.9 Å². The Morgan fingerprint density at radius 1 is 1.19 bits per heavy atom. The van der Waals surface area contributed by atoms with Crippen molar-refractivity contribution in [3.8, 4) is 17.0 Å². The van der Waals surface area contributed by atoms with Crippen LogP contribution in [0.1, 0.15) is 27.3 Å². The van der Waals surface area contributed by atoms with Crippen molar-refractivity contribution in [3.63, 3.8) is 0 Å². The highest BCUT2D eigenvalue weighted by Crippen LogP contribution is 2.36. The molecular formula is C21H17ClN4O5S. The van der Waals surface area contributed by atoms with E-state index in [0.29, 0.717) is 39.2 Å². The quantitative estimate of drug-likeness (QED) is 0.497. The van der Waals surface area contributed by atoms with E-state index in [0.717, 1.165) is 5.56 Å². The topological polar surface area (TPSA) is 134 Å². The lowest BCUT2D eigenvalue weighted by Crippen LogP contribution is -2.37. The maximum Gasteiger partial charge on any atom is 0.322 e. The number of hydrogen-bond acceptors (Lipinski definition) is 7.